The van der Waals surface area contributed by atoms with E-state index in [1.165, 1.54) is 0 Å². The molecule has 2 amide bonds. The van der Waals surface area contributed by atoms with E-state index in [-0.39, 0.29) is 37.4 Å². The highest BCUT2D eigenvalue weighted by molar-refractivity contribution is 5.89. The number of ether oxygens (including phenoxy) is 2. The number of benzene rings is 2. The average Bonchev–Trinajstić information content (AvgIpc) is 3.30. The lowest BCUT2D eigenvalue weighted by molar-refractivity contribution is -0.143. The summed E-state index contributed by atoms with van der Waals surface area (Å²) in [6.07, 6.45) is 6.42. The summed E-state index contributed by atoms with van der Waals surface area (Å²) in [7, 11) is 0. The minimum atomic E-state index is -0.303. The fourth-order valence-electron chi connectivity index (χ4n) is 5.19. The fourth-order valence-corrected chi connectivity index (χ4v) is 5.19. The van der Waals surface area contributed by atoms with E-state index in [2.05, 4.69) is 28.2 Å². The van der Waals surface area contributed by atoms with E-state index in [9.17, 15) is 14.4 Å². The molecule has 0 radical (unpaired) electrons. The highest BCUT2D eigenvalue weighted by atomic mass is 16.6. The molecular weight excluding hydrogens is 494 g/mol. The lowest BCUT2D eigenvalue weighted by Crippen LogP contribution is -2.38. The molecular formula is C31H39N3O5. The summed E-state index contributed by atoms with van der Waals surface area (Å²) in [6, 6.07) is 17.9. The molecule has 1 aliphatic heterocycles. The molecule has 208 valence electrons. The second kappa shape index (κ2) is 14.4. The van der Waals surface area contributed by atoms with Crippen LogP contribution in [0.2, 0.25) is 0 Å². The van der Waals surface area contributed by atoms with Gasteiger partial charge in [0.1, 0.15) is 6.61 Å². The third kappa shape index (κ3) is 8.34. The zero-order valence-corrected chi connectivity index (χ0v) is 22.8. The number of para-hydroxylation sites is 1. The Morgan fingerprint density at radius 2 is 1.72 bits per heavy atom. The summed E-state index contributed by atoms with van der Waals surface area (Å²) in [4.78, 5) is 38.3. The van der Waals surface area contributed by atoms with E-state index in [0.29, 0.717) is 19.1 Å². The van der Waals surface area contributed by atoms with Crippen LogP contribution in [0, 0.1) is 5.92 Å². The van der Waals surface area contributed by atoms with Gasteiger partial charge in [0.25, 0.3) is 0 Å². The van der Waals surface area contributed by atoms with Gasteiger partial charge >= 0.3 is 12.1 Å². The summed E-state index contributed by atoms with van der Waals surface area (Å²) in [6.45, 7) is 5.04. The number of amides is 2. The van der Waals surface area contributed by atoms with Gasteiger partial charge in [-0.2, -0.15) is 0 Å². The Morgan fingerprint density at radius 1 is 0.974 bits per heavy atom. The lowest BCUT2D eigenvalue weighted by atomic mass is 9.92. The number of carbonyl (C=O) groups excluding carboxylic acids is 3. The third-order valence-corrected chi connectivity index (χ3v) is 7.27. The standard InChI is InChI=1S/C31H39N3O5/c1-2-38-30(36)14-17-32-29(35)21-26-22-34(28-13-7-6-12-27(26)28)18-8-11-24-15-19-33(20-16-24)31(37)39-23-25-9-4-3-5-10-25/h3-7,9-10,12-13,22,24H,2,8,11,14-21,23H2,1H3,(H,32,35). The van der Waals surface area contributed by atoms with E-state index in [4.69, 9.17) is 9.47 Å². The Morgan fingerprint density at radius 3 is 2.49 bits per heavy atom. The molecule has 8 nitrogen and oxygen atoms in total. The van der Waals surface area contributed by atoms with Gasteiger partial charge in [0, 0.05) is 43.3 Å². The molecule has 2 aromatic carbocycles. The van der Waals surface area contributed by atoms with Crippen molar-refractivity contribution in [1.29, 1.82) is 0 Å². The van der Waals surface area contributed by atoms with Gasteiger partial charge in [-0.3, -0.25) is 9.59 Å². The van der Waals surface area contributed by atoms with Gasteiger partial charge in [-0.25, -0.2) is 4.79 Å². The van der Waals surface area contributed by atoms with Crippen LogP contribution in [0.5, 0.6) is 0 Å². The number of esters is 1. The van der Waals surface area contributed by atoms with Crippen LogP contribution in [0.15, 0.2) is 60.8 Å². The first-order chi connectivity index (χ1) is 19.0. The SMILES string of the molecule is CCOC(=O)CCNC(=O)Cc1cn(CCCC2CCN(C(=O)OCc3ccccc3)CC2)c2ccccc12. The molecule has 1 aliphatic rings. The van der Waals surface area contributed by atoms with E-state index >= 15 is 0 Å². The summed E-state index contributed by atoms with van der Waals surface area (Å²) in [5.74, 6) is 0.189. The summed E-state index contributed by atoms with van der Waals surface area (Å²) < 4.78 is 12.6. The molecule has 1 fully saturated rings. The first kappa shape index (κ1) is 28.2. The van der Waals surface area contributed by atoms with Crippen molar-refractivity contribution in [1.82, 2.24) is 14.8 Å². The predicted octanol–water partition coefficient (Wildman–Crippen LogP) is 5.08. The molecule has 0 spiro atoms. The molecule has 0 saturated carbocycles. The monoisotopic (exact) mass is 533 g/mol. The topological polar surface area (TPSA) is 89.9 Å². The maximum atomic E-state index is 12.5. The Balaban J connectivity index is 1.21. The summed E-state index contributed by atoms with van der Waals surface area (Å²) in [5, 5.41) is 3.91. The molecule has 0 unspecified atom stereocenters. The third-order valence-electron chi connectivity index (χ3n) is 7.27. The van der Waals surface area contributed by atoms with Crippen LogP contribution >= 0.6 is 0 Å². The molecule has 1 N–H and O–H groups in total. The fraction of sp³-hybridized carbons (Fsp3) is 0.452. The first-order valence-electron chi connectivity index (χ1n) is 14.0. The maximum Gasteiger partial charge on any atom is 0.410 e. The number of nitrogens with one attached hydrogen (secondary N) is 1. The molecule has 3 aromatic rings. The number of piperidine rings is 1. The molecule has 8 heteroatoms. The van der Waals surface area contributed by atoms with Crippen LogP contribution in [-0.2, 0) is 38.6 Å². The second-order valence-electron chi connectivity index (χ2n) is 10.1. The summed E-state index contributed by atoms with van der Waals surface area (Å²) in [5.41, 5.74) is 3.11. The van der Waals surface area contributed by atoms with Crippen LogP contribution in [0.1, 0.15) is 50.2 Å². The average molecular weight is 534 g/mol. The number of carbonyl (C=O) groups is 3. The normalized spacial score (nSPS) is 13.8. The number of likely N-dealkylation sites (tertiary alicyclic amines) is 1. The second-order valence-corrected chi connectivity index (χ2v) is 10.1. The maximum absolute atomic E-state index is 12.5. The Kier molecular flexibility index (Phi) is 10.4. The van der Waals surface area contributed by atoms with Crippen molar-refractivity contribution in [3.63, 3.8) is 0 Å². The van der Waals surface area contributed by atoms with Gasteiger partial charge in [-0.15, -0.1) is 0 Å². The summed E-state index contributed by atoms with van der Waals surface area (Å²) >= 11 is 0. The van der Waals surface area contributed by atoms with Crippen molar-refractivity contribution in [3.05, 3.63) is 71.9 Å². The van der Waals surface area contributed by atoms with Crippen molar-refractivity contribution in [2.45, 2.75) is 58.6 Å². The molecule has 0 bridgehead atoms. The van der Waals surface area contributed by atoms with Crippen molar-refractivity contribution in [2.24, 2.45) is 5.92 Å². The smallest absolute Gasteiger partial charge is 0.410 e. The van der Waals surface area contributed by atoms with E-state index in [0.717, 1.165) is 67.3 Å². The molecule has 0 atom stereocenters. The largest absolute Gasteiger partial charge is 0.466 e. The number of hydrogen-bond donors (Lipinski definition) is 1. The highest BCUT2D eigenvalue weighted by Gasteiger charge is 2.23. The van der Waals surface area contributed by atoms with Crippen molar-refractivity contribution < 1.29 is 23.9 Å². The van der Waals surface area contributed by atoms with Crippen LogP contribution in [0.4, 0.5) is 4.79 Å². The van der Waals surface area contributed by atoms with Gasteiger partial charge in [-0.05, 0) is 55.7 Å². The number of fused-ring (bicyclic) bond motifs is 1. The zero-order chi connectivity index (χ0) is 27.5. The van der Waals surface area contributed by atoms with Crippen LogP contribution in [-0.4, -0.2) is 53.7 Å². The molecule has 4 rings (SSSR count). The number of rotatable bonds is 12. The van der Waals surface area contributed by atoms with Crippen LogP contribution < -0.4 is 5.32 Å². The number of hydrogen-bond acceptors (Lipinski definition) is 5. The van der Waals surface area contributed by atoms with Crippen molar-refractivity contribution >= 4 is 28.9 Å². The Hall–Kier alpha value is -3.81. The van der Waals surface area contributed by atoms with Gasteiger partial charge in [-0.1, -0.05) is 48.5 Å². The van der Waals surface area contributed by atoms with E-state index in [1.54, 1.807) is 6.92 Å². The Bertz CT molecular complexity index is 1230. The van der Waals surface area contributed by atoms with E-state index < -0.39 is 0 Å². The van der Waals surface area contributed by atoms with Gasteiger partial charge in [0.05, 0.1) is 19.4 Å². The highest BCUT2D eigenvalue weighted by Crippen LogP contribution is 2.26. The molecule has 39 heavy (non-hydrogen) atoms. The molecule has 1 saturated heterocycles. The van der Waals surface area contributed by atoms with Crippen molar-refractivity contribution in [3.8, 4) is 0 Å². The molecule has 0 aliphatic carbocycles. The quantitative estimate of drug-likeness (QED) is 0.328. The minimum absolute atomic E-state index is 0.101. The predicted molar refractivity (Wildman–Crippen MR) is 150 cm³/mol. The Labute approximate surface area is 230 Å². The molecule has 1 aromatic heterocycles. The zero-order valence-electron chi connectivity index (χ0n) is 22.8. The van der Waals surface area contributed by atoms with Crippen molar-refractivity contribution in [2.75, 3.05) is 26.2 Å². The number of aryl methyl sites for hydroxylation is 1. The lowest BCUT2D eigenvalue weighted by Gasteiger charge is -2.31. The first-order valence-corrected chi connectivity index (χ1v) is 14.0. The molecule has 2 heterocycles. The van der Waals surface area contributed by atoms with Crippen LogP contribution in [0.3, 0.4) is 0 Å². The van der Waals surface area contributed by atoms with E-state index in [1.807, 2.05) is 47.4 Å². The van der Waals surface area contributed by atoms with Gasteiger partial charge < -0.3 is 24.3 Å². The van der Waals surface area contributed by atoms with Gasteiger partial charge in [0.2, 0.25) is 5.91 Å². The minimum Gasteiger partial charge on any atom is -0.466 e. The number of nitrogens with zero attached hydrogens (tertiary/aromatic N) is 2. The van der Waals surface area contributed by atoms with Gasteiger partial charge in [0.15, 0.2) is 0 Å². The number of aromatic nitrogens is 1. The van der Waals surface area contributed by atoms with Crippen LogP contribution in [0.25, 0.3) is 10.9 Å².